The summed E-state index contributed by atoms with van der Waals surface area (Å²) < 4.78 is 11.8. The molecule has 3 aromatic carbocycles. The summed E-state index contributed by atoms with van der Waals surface area (Å²) in [5.41, 5.74) is 1.64. The molecular formula is C28H26N2O5S. The molecule has 0 aromatic heterocycles. The molecule has 36 heavy (non-hydrogen) atoms. The van der Waals surface area contributed by atoms with Gasteiger partial charge in [0, 0.05) is 18.7 Å². The van der Waals surface area contributed by atoms with E-state index in [0.29, 0.717) is 36.8 Å². The van der Waals surface area contributed by atoms with Crippen molar-refractivity contribution < 1.29 is 23.9 Å². The lowest BCUT2D eigenvalue weighted by atomic mass is 10.1. The Bertz CT molecular complexity index is 1360. The van der Waals surface area contributed by atoms with Crippen molar-refractivity contribution in [3.8, 4) is 11.5 Å². The number of hydrogen-bond acceptors (Lipinski definition) is 6. The number of likely N-dealkylation sites (tertiary alicyclic amines) is 1. The highest BCUT2D eigenvalue weighted by Crippen LogP contribution is 2.38. The fourth-order valence-corrected chi connectivity index (χ4v) is 5.34. The third-order valence-electron chi connectivity index (χ3n) is 6.39. The van der Waals surface area contributed by atoms with Crippen LogP contribution in [0.25, 0.3) is 16.8 Å². The zero-order valence-corrected chi connectivity index (χ0v) is 20.8. The maximum Gasteiger partial charge on any atom is 0.294 e. The number of carbonyl (C=O) groups excluding carboxylic acids is 3. The van der Waals surface area contributed by atoms with E-state index in [2.05, 4.69) is 18.2 Å². The Labute approximate surface area is 213 Å². The second kappa shape index (κ2) is 10.5. The molecule has 184 valence electrons. The topological polar surface area (TPSA) is 76.2 Å². The molecule has 3 amide bonds. The Hall–Kier alpha value is -3.78. The third-order valence-corrected chi connectivity index (χ3v) is 7.30. The summed E-state index contributed by atoms with van der Waals surface area (Å²) in [4.78, 5) is 41.1. The van der Waals surface area contributed by atoms with Crippen molar-refractivity contribution in [3.05, 3.63) is 76.7 Å². The van der Waals surface area contributed by atoms with Crippen LogP contribution in [0.5, 0.6) is 11.5 Å². The Morgan fingerprint density at radius 1 is 1.00 bits per heavy atom. The number of thioether (sulfide) groups is 1. The van der Waals surface area contributed by atoms with E-state index in [1.54, 1.807) is 30.2 Å². The molecule has 2 saturated heterocycles. The van der Waals surface area contributed by atoms with Gasteiger partial charge in [-0.1, -0.05) is 54.6 Å². The Morgan fingerprint density at radius 2 is 1.75 bits per heavy atom. The van der Waals surface area contributed by atoms with Gasteiger partial charge in [-0.3, -0.25) is 19.3 Å². The van der Waals surface area contributed by atoms with Crippen molar-refractivity contribution in [2.75, 3.05) is 26.7 Å². The van der Waals surface area contributed by atoms with Gasteiger partial charge in [0.25, 0.3) is 11.1 Å². The molecule has 7 nitrogen and oxygen atoms in total. The van der Waals surface area contributed by atoms with E-state index in [4.69, 9.17) is 9.47 Å². The number of hydrogen-bond donors (Lipinski definition) is 0. The van der Waals surface area contributed by atoms with E-state index in [1.807, 2.05) is 30.3 Å². The summed E-state index contributed by atoms with van der Waals surface area (Å²) in [5, 5.41) is 1.77. The third kappa shape index (κ3) is 4.81. The number of amides is 3. The van der Waals surface area contributed by atoms with E-state index in [9.17, 15) is 14.4 Å². The minimum absolute atomic E-state index is 0.198. The summed E-state index contributed by atoms with van der Waals surface area (Å²) >= 11 is 0.831. The van der Waals surface area contributed by atoms with Crippen LogP contribution in [0.3, 0.4) is 0 Å². The maximum absolute atomic E-state index is 13.0. The fraction of sp³-hybridized carbons (Fsp3) is 0.250. The van der Waals surface area contributed by atoms with Gasteiger partial charge in [-0.2, -0.15) is 0 Å². The first kappa shape index (κ1) is 23.9. The van der Waals surface area contributed by atoms with Crippen molar-refractivity contribution >= 4 is 45.7 Å². The number of rotatable bonds is 7. The summed E-state index contributed by atoms with van der Waals surface area (Å²) in [6.45, 7) is 1.41. The fourth-order valence-electron chi connectivity index (χ4n) is 4.51. The second-order valence-corrected chi connectivity index (χ2v) is 9.65. The molecule has 0 aliphatic carbocycles. The van der Waals surface area contributed by atoms with Crippen LogP contribution in [0, 0.1) is 0 Å². The van der Waals surface area contributed by atoms with E-state index in [-0.39, 0.29) is 17.4 Å². The van der Waals surface area contributed by atoms with Crippen LogP contribution >= 0.6 is 11.8 Å². The van der Waals surface area contributed by atoms with Crippen LogP contribution in [0.15, 0.2) is 65.6 Å². The molecule has 0 N–H and O–H groups in total. The van der Waals surface area contributed by atoms with Crippen LogP contribution in [0.4, 0.5) is 4.79 Å². The van der Waals surface area contributed by atoms with Gasteiger partial charge in [0.15, 0.2) is 11.5 Å². The number of methoxy groups -OCH3 is 1. The number of ether oxygens (including phenoxy) is 2. The molecule has 0 spiro atoms. The molecule has 8 heteroatoms. The highest BCUT2D eigenvalue weighted by atomic mass is 32.2. The van der Waals surface area contributed by atoms with Crippen LogP contribution in [-0.4, -0.2) is 53.6 Å². The Balaban J connectivity index is 1.39. The molecule has 0 saturated carbocycles. The molecule has 2 fully saturated rings. The van der Waals surface area contributed by atoms with Gasteiger partial charge in [0.2, 0.25) is 5.91 Å². The summed E-state index contributed by atoms with van der Waals surface area (Å²) in [5.74, 6) is 0.331. The molecule has 2 aliphatic rings. The van der Waals surface area contributed by atoms with Crippen LogP contribution in [-0.2, 0) is 16.2 Å². The largest absolute Gasteiger partial charge is 0.493 e. The molecule has 2 heterocycles. The molecule has 0 unspecified atom stereocenters. The molecule has 0 atom stereocenters. The summed E-state index contributed by atoms with van der Waals surface area (Å²) in [6, 6.07) is 19.6. The normalized spacial score (nSPS) is 16.9. The standard InChI is InChI=1S/C28H26N2O5S/c1-34-23-13-7-10-20(26(23)35-18-21-11-6-9-19-8-2-3-12-22(19)21)16-24-27(32)30(28(33)36-24)17-25(31)29-14-4-5-15-29/h2-3,6-13,16H,4-5,14-15,17-18H2,1H3/b24-16-. The number of para-hydroxylation sites is 1. The number of imide groups is 1. The lowest BCUT2D eigenvalue weighted by Gasteiger charge is -2.18. The average Bonchev–Trinajstić information content (AvgIpc) is 3.53. The minimum atomic E-state index is -0.472. The molecule has 5 rings (SSSR count). The number of carbonyl (C=O) groups is 3. The van der Waals surface area contributed by atoms with Gasteiger partial charge in [0.1, 0.15) is 13.2 Å². The Kier molecular flexibility index (Phi) is 6.95. The first-order valence-electron chi connectivity index (χ1n) is 11.8. The molecule has 0 bridgehead atoms. The summed E-state index contributed by atoms with van der Waals surface area (Å²) in [6.07, 6.45) is 3.53. The van der Waals surface area contributed by atoms with Gasteiger partial charge < -0.3 is 14.4 Å². The monoisotopic (exact) mass is 502 g/mol. The second-order valence-electron chi connectivity index (χ2n) is 8.66. The van der Waals surface area contributed by atoms with Crippen LogP contribution < -0.4 is 9.47 Å². The maximum atomic E-state index is 13.0. The van der Waals surface area contributed by atoms with E-state index < -0.39 is 11.1 Å². The first-order valence-corrected chi connectivity index (χ1v) is 12.7. The van der Waals surface area contributed by atoms with Crippen molar-refractivity contribution in [2.24, 2.45) is 0 Å². The van der Waals surface area contributed by atoms with Gasteiger partial charge in [-0.25, -0.2) is 0 Å². The lowest BCUT2D eigenvalue weighted by Crippen LogP contribution is -2.40. The zero-order valence-electron chi connectivity index (χ0n) is 19.9. The minimum Gasteiger partial charge on any atom is -0.493 e. The first-order chi connectivity index (χ1) is 17.5. The van der Waals surface area contributed by atoms with Crippen molar-refractivity contribution in [2.45, 2.75) is 19.4 Å². The van der Waals surface area contributed by atoms with Crippen LogP contribution in [0.2, 0.25) is 0 Å². The quantitative estimate of drug-likeness (QED) is 0.419. The Morgan fingerprint density at radius 3 is 2.56 bits per heavy atom. The lowest BCUT2D eigenvalue weighted by molar-refractivity contribution is -0.135. The molecule has 3 aromatic rings. The summed E-state index contributed by atoms with van der Waals surface area (Å²) in [7, 11) is 1.56. The van der Waals surface area contributed by atoms with E-state index in [1.165, 1.54) is 0 Å². The van der Waals surface area contributed by atoms with Gasteiger partial charge in [0.05, 0.1) is 12.0 Å². The molecule has 0 radical (unpaired) electrons. The highest BCUT2D eigenvalue weighted by Gasteiger charge is 2.37. The smallest absolute Gasteiger partial charge is 0.294 e. The molecule has 2 aliphatic heterocycles. The van der Waals surface area contributed by atoms with Gasteiger partial charge >= 0.3 is 0 Å². The van der Waals surface area contributed by atoms with Crippen LogP contribution in [0.1, 0.15) is 24.0 Å². The number of fused-ring (bicyclic) bond motifs is 1. The predicted molar refractivity (Wildman–Crippen MR) is 140 cm³/mol. The van der Waals surface area contributed by atoms with Crippen molar-refractivity contribution in [1.82, 2.24) is 9.80 Å². The zero-order chi connectivity index (χ0) is 25.1. The van der Waals surface area contributed by atoms with Gasteiger partial charge in [-0.05, 0) is 53.1 Å². The number of benzene rings is 3. The highest BCUT2D eigenvalue weighted by molar-refractivity contribution is 8.18. The van der Waals surface area contributed by atoms with Crippen molar-refractivity contribution in [1.29, 1.82) is 0 Å². The van der Waals surface area contributed by atoms with Crippen molar-refractivity contribution in [3.63, 3.8) is 0 Å². The predicted octanol–water partition coefficient (Wildman–Crippen LogP) is 5.09. The number of nitrogens with zero attached hydrogens (tertiary/aromatic N) is 2. The average molecular weight is 503 g/mol. The van der Waals surface area contributed by atoms with E-state index >= 15 is 0 Å². The van der Waals surface area contributed by atoms with Gasteiger partial charge in [-0.15, -0.1) is 0 Å². The SMILES string of the molecule is COc1cccc(/C=C2\SC(=O)N(CC(=O)N3CCCC3)C2=O)c1OCc1cccc2ccccc12. The molecular weight excluding hydrogens is 476 g/mol. The van der Waals surface area contributed by atoms with E-state index in [0.717, 1.165) is 45.8 Å².